The van der Waals surface area contributed by atoms with Crippen molar-refractivity contribution in [3.63, 3.8) is 0 Å². The summed E-state index contributed by atoms with van der Waals surface area (Å²) in [6, 6.07) is 24.6. The molecule has 0 saturated carbocycles. The molecule has 0 aromatic heterocycles. The number of carbonyl (C=O) groups is 1. The standard InChI is InChI=1S/C33H40ClN3O2/c1-3-36-21-17-33(18-22-36,27-13-11-25(2)12-14-27)32(38)35-28-15-19-37(20-16-28)24-26-7-6-8-29(23-26)39-31-10-5-4-9-30(31)34/h4-14,23,28H,3,15-22,24H2,1-2H3,(H,35,38). The van der Waals surface area contributed by atoms with Gasteiger partial charge in [0.25, 0.3) is 0 Å². The fraction of sp³-hybridized carbons (Fsp3) is 0.424. The molecule has 5 rings (SSSR count). The molecule has 1 amide bonds. The fourth-order valence-corrected chi connectivity index (χ4v) is 6.12. The molecule has 1 N–H and O–H groups in total. The van der Waals surface area contributed by atoms with Crippen LogP contribution in [0.25, 0.3) is 0 Å². The third kappa shape index (κ3) is 6.66. The van der Waals surface area contributed by atoms with Gasteiger partial charge in [-0.2, -0.15) is 0 Å². The number of aryl methyl sites for hydroxylation is 1. The molecular formula is C33H40ClN3O2. The molecule has 5 nitrogen and oxygen atoms in total. The predicted octanol–water partition coefficient (Wildman–Crippen LogP) is 6.58. The molecular weight excluding hydrogens is 506 g/mol. The number of nitrogens with zero attached hydrogens (tertiary/aromatic N) is 2. The van der Waals surface area contributed by atoms with Gasteiger partial charge in [0.1, 0.15) is 11.5 Å². The number of likely N-dealkylation sites (tertiary alicyclic amines) is 2. The maximum absolute atomic E-state index is 13.9. The molecule has 6 heteroatoms. The van der Waals surface area contributed by atoms with Crippen molar-refractivity contribution < 1.29 is 9.53 Å². The quantitative estimate of drug-likeness (QED) is 0.347. The van der Waals surface area contributed by atoms with Crippen molar-refractivity contribution in [3.05, 3.63) is 94.5 Å². The molecule has 0 aliphatic carbocycles. The number of piperidine rings is 2. The van der Waals surface area contributed by atoms with Gasteiger partial charge < -0.3 is 15.0 Å². The lowest BCUT2D eigenvalue weighted by Crippen LogP contribution is -2.55. The summed E-state index contributed by atoms with van der Waals surface area (Å²) in [5.74, 6) is 1.67. The Morgan fingerprint density at radius 1 is 0.949 bits per heavy atom. The zero-order valence-corrected chi connectivity index (χ0v) is 23.9. The van der Waals surface area contributed by atoms with Gasteiger partial charge in [-0.3, -0.25) is 9.69 Å². The average molecular weight is 546 g/mol. The van der Waals surface area contributed by atoms with Gasteiger partial charge in [-0.1, -0.05) is 72.6 Å². The van der Waals surface area contributed by atoms with Crippen LogP contribution in [0.2, 0.25) is 5.02 Å². The smallest absolute Gasteiger partial charge is 0.230 e. The van der Waals surface area contributed by atoms with Gasteiger partial charge in [0.2, 0.25) is 5.91 Å². The average Bonchev–Trinajstić information content (AvgIpc) is 2.96. The summed E-state index contributed by atoms with van der Waals surface area (Å²) in [5, 5.41) is 4.09. The first kappa shape index (κ1) is 27.7. The highest BCUT2D eigenvalue weighted by atomic mass is 35.5. The van der Waals surface area contributed by atoms with E-state index in [-0.39, 0.29) is 11.9 Å². The number of rotatable bonds is 8. The van der Waals surface area contributed by atoms with Crippen LogP contribution in [-0.4, -0.2) is 54.5 Å². The lowest BCUT2D eigenvalue weighted by atomic mass is 9.71. The van der Waals surface area contributed by atoms with Gasteiger partial charge in [0.05, 0.1) is 10.4 Å². The van der Waals surface area contributed by atoms with E-state index in [0.29, 0.717) is 10.8 Å². The number of carbonyl (C=O) groups excluding carboxylic acids is 1. The maximum Gasteiger partial charge on any atom is 0.230 e. The summed E-state index contributed by atoms with van der Waals surface area (Å²) in [4.78, 5) is 18.8. The van der Waals surface area contributed by atoms with Crippen LogP contribution in [-0.2, 0) is 16.8 Å². The highest BCUT2D eigenvalue weighted by Crippen LogP contribution is 2.37. The van der Waals surface area contributed by atoms with Gasteiger partial charge in [0.15, 0.2) is 0 Å². The molecule has 0 spiro atoms. The Balaban J connectivity index is 1.18. The highest BCUT2D eigenvalue weighted by Gasteiger charge is 2.43. The van der Waals surface area contributed by atoms with E-state index in [1.54, 1.807) is 0 Å². The van der Waals surface area contributed by atoms with Gasteiger partial charge in [0, 0.05) is 25.7 Å². The number of halogens is 1. The Hall–Kier alpha value is -2.86. The summed E-state index contributed by atoms with van der Waals surface area (Å²) < 4.78 is 6.02. The lowest BCUT2D eigenvalue weighted by Gasteiger charge is -2.42. The molecule has 2 aliphatic heterocycles. The number of nitrogens with one attached hydrogen (secondary N) is 1. The van der Waals surface area contributed by atoms with Crippen LogP contribution in [0.1, 0.15) is 49.3 Å². The lowest BCUT2D eigenvalue weighted by molar-refractivity contribution is -0.129. The fourth-order valence-electron chi connectivity index (χ4n) is 5.95. The molecule has 2 aliphatic rings. The second-order valence-electron chi connectivity index (χ2n) is 11.1. The van der Waals surface area contributed by atoms with Gasteiger partial charge in [-0.25, -0.2) is 0 Å². The molecule has 0 atom stereocenters. The zero-order chi connectivity index (χ0) is 27.2. The first-order valence-corrected chi connectivity index (χ1v) is 14.7. The summed E-state index contributed by atoms with van der Waals surface area (Å²) in [6.07, 6.45) is 3.68. The number of para-hydroxylation sites is 1. The number of hydrogen-bond acceptors (Lipinski definition) is 4. The van der Waals surface area contributed by atoms with Gasteiger partial charge in [-0.05, 0) is 87.6 Å². The summed E-state index contributed by atoms with van der Waals surface area (Å²) in [5.41, 5.74) is 3.17. The topological polar surface area (TPSA) is 44.8 Å². The first-order chi connectivity index (χ1) is 18.9. The molecule has 39 heavy (non-hydrogen) atoms. The molecule has 2 saturated heterocycles. The second-order valence-corrected chi connectivity index (χ2v) is 11.5. The first-order valence-electron chi connectivity index (χ1n) is 14.3. The predicted molar refractivity (Wildman–Crippen MR) is 159 cm³/mol. The van der Waals surface area contributed by atoms with Crippen molar-refractivity contribution in [1.29, 1.82) is 0 Å². The third-order valence-corrected chi connectivity index (χ3v) is 8.80. The second kappa shape index (κ2) is 12.5. The molecule has 3 aromatic carbocycles. The normalized spacial score (nSPS) is 18.5. The van der Waals surface area contributed by atoms with E-state index in [1.165, 1.54) is 11.1 Å². The number of ether oxygens (including phenoxy) is 1. The summed E-state index contributed by atoms with van der Waals surface area (Å²) in [7, 11) is 0. The van der Waals surface area contributed by atoms with Crippen molar-refractivity contribution in [2.45, 2.75) is 57.5 Å². The van der Waals surface area contributed by atoms with Crippen molar-refractivity contribution in [2.24, 2.45) is 0 Å². The third-order valence-electron chi connectivity index (χ3n) is 8.49. The van der Waals surface area contributed by atoms with Crippen molar-refractivity contribution >= 4 is 17.5 Å². The van der Waals surface area contributed by atoms with Crippen molar-refractivity contribution in [1.82, 2.24) is 15.1 Å². The van der Waals surface area contributed by atoms with Crippen LogP contribution in [0.15, 0.2) is 72.8 Å². The SMILES string of the molecule is CCN1CCC(C(=O)NC2CCN(Cc3cccc(Oc4ccccc4Cl)c3)CC2)(c2ccc(C)cc2)CC1. The molecule has 0 bridgehead atoms. The van der Waals surface area contributed by atoms with Crippen molar-refractivity contribution in [2.75, 3.05) is 32.7 Å². The van der Waals surface area contributed by atoms with Crippen LogP contribution in [0, 0.1) is 6.92 Å². The summed E-state index contributed by atoms with van der Waals surface area (Å²) in [6.45, 7) is 10.1. The van der Waals surface area contributed by atoms with E-state index in [4.69, 9.17) is 16.3 Å². The van der Waals surface area contributed by atoms with Gasteiger partial charge >= 0.3 is 0 Å². The Morgan fingerprint density at radius 3 is 2.36 bits per heavy atom. The maximum atomic E-state index is 13.9. The van der Waals surface area contributed by atoms with E-state index >= 15 is 0 Å². The Bertz CT molecular complexity index is 1250. The Kier molecular flexibility index (Phi) is 8.91. The molecule has 2 heterocycles. The molecule has 2 fully saturated rings. The van der Waals surface area contributed by atoms with E-state index in [0.717, 1.165) is 76.3 Å². The largest absolute Gasteiger partial charge is 0.456 e. The van der Waals surface area contributed by atoms with Crippen LogP contribution >= 0.6 is 11.6 Å². The Morgan fingerprint density at radius 2 is 1.67 bits per heavy atom. The molecule has 3 aromatic rings. The van der Waals surface area contributed by atoms with E-state index in [1.807, 2.05) is 36.4 Å². The minimum Gasteiger partial charge on any atom is -0.456 e. The highest BCUT2D eigenvalue weighted by molar-refractivity contribution is 6.32. The number of benzene rings is 3. The van der Waals surface area contributed by atoms with Crippen LogP contribution in [0.5, 0.6) is 11.5 Å². The van der Waals surface area contributed by atoms with Crippen LogP contribution < -0.4 is 10.1 Å². The Labute approximate surface area is 238 Å². The minimum absolute atomic E-state index is 0.213. The van der Waals surface area contributed by atoms with E-state index < -0.39 is 5.41 Å². The minimum atomic E-state index is -0.432. The molecule has 206 valence electrons. The molecule has 0 unspecified atom stereocenters. The van der Waals surface area contributed by atoms with Gasteiger partial charge in [-0.15, -0.1) is 0 Å². The van der Waals surface area contributed by atoms with Crippen molar-refractivity contribution in [3.8, 4) is 11.5 Å². The van der Waals surface area contributed by atoms with E-state index in [2.05, 4.69) is 65.4 Å². The monoisotopic (exact) mass is 545 g/mol. The van der Waals surface area contributed by atoms with E-state index in [9.17, 15) is 4.79 Å². The summed E-state index contributed by atoms with van der Waals surface area (Å²) >= 11 is 6.27. The zero-order valence-electron chi connectivity index (χ0n) is 23.2. The molecule has 0 radical (unpaired) electrons. The number of amides is 1. The number of hydrogen-bond donors (Lipinski definition) is 1. The van der Waals surface area contributed by atoms with Crippen LogP contribution in [0.3, 0.4) is 0 Å². The van der Waals surface area contributed by atoms with Crippen LogP contribution in [0.4, 0.5) is 0 Å².